The molecule has 32 heavy (non-hydrogen) atoms. The van der Waals surface area contributed by atoms with E-state index >= 15 is 0 Å². The van der Waals surface area contributed by atoms with Crippen molar-refractivity contribution >= 4 is 40.6 Å². The molecule has 0 saturated heterocycles. The van der Waals surface area contributed by atoms with Crippen LogP contribution in [0.2, 0.25) is 0 Å². The van der Waals surface area contributed by atoms with Crippen LogP contribution in [0.5, 0.6) is 23.0 Å². The van der Waals surface area contributed by atoms with Gasteiger partial charge >= 0.3 is 0 Å². The van der Waals surface area contributed by atoms with Gasteiger partial charge in [-0.25, -0.2) is 5.43 Å². The number of amides is 2. The zero-order chi connectivity index (χ0) is 23.1. The van der Waals surface area contributed by atoms with E-state index in [2.05, 4.69) is 38.4 Å². The molecule has 1 aliphatic rings. The minimum atomic E-state index is -0.463. The van der Waals surface area contributed by atoms with Crippen LogP contribution in [0.1, 0.15) is 36.7 Å². The molecule has 0 saturated carbocycles. The fraction of sp³-hybridized carbons (Fsp3) is 0.318. The lowest BCUT2D eigenvalue weighted by Crippen LogP contribution is -2.34. The van der Waals surface area contributed by atoms with Crippen LogP contribution in [-0.2, 0) is 4.79 Å². The third kappa shape index (κ3) is 6.25. The first kappa shape index (κ1) is 23.6. The van der Waals surface area contributed by atoms with Gasteiger partial charge in [0, 0.05) is 5.56 Å². The summed E-state index contributed by atoms with van der Waals surface area (Å²) in [6, 6.07) is 8.48. The standard InChI is InChI=1S/C22H24IN3O6/c1-4-29-19-8-14(7-16(23)21(19)32-13(2)3)10-25-26-20(27)11-24-22(28)15-5-6-17-18(9-15)31-12-30-17/h5-10,13H,4,11-12H2,1-3H3,(H,24,28)(H,26,27)/b25-10+. The van der Waals surface area contributed by atoms with Crippen LogP contribution >= 0.6 is 22.6 Å². The lowest BCUT2D eigenvalue weighted by molar-refractivity contribution is -0.120. The van der Waals surface area contributed by atoms with Gasteiger partial charge in [0.25, 0.3) is 11.8 Å². The summed E-state index contributed by atoms with van der Waals surface area (Å²) in [6.07, 6.45) is 1.51. The summed E-state index contributed by atoms with van der Waals surface area (Å²) in [5.74, 6) is 1.50. The molecular weight excluding hydrogens is 529 g/mol. The lowest BCUT2D eigenvalue weighted by atomic mass is 10.2. The number of carbonyl (C=O) groups is 2. The van der Waals surface area contributed by atoms with Gasteiger partial charge in [0.2, 0.25) is 6.79 Å². The number of rotatable bonds is 9. The van der Waals surface area contributed by atoms with E-state index in [0.717, 1.165) is 9.13 Å². The number of ether oxygens (including phenoxy) is 4. The average molecular weight is 553 g/mol. The largest absolute Gasteiger partial charge is 0.490 e. The van der Waals surface area contributed by atoms with Crippen LogP contribution in [0.25, 0.3) is 0 Å². The highest BCUT2D eigenvalue weighted by atomic mass is 127. The minimum absolute atomic E-state index is 0.00870. The molecule has 3 rings (SSSR count). The Morgan fingerprint density at radius 3 is 2.75 bits per heavy atom. The van der Waals surface area contributed by atoms with Gasteiger partial charge in [0.1, 0.15) is 0 Å². The fourth-order valence-electron chi connectivity index (χ4n) is 2.79. The molecule has 10 heteroatoms. The number of hydrogen-bond donors (Lipinski definition) is 2. The van der Waals surface area contributed by atoms with Crippen LogP contribution in [0.15, 0.2) is 35.4 Å². The molecule has 0 fully saturated rings. The molecule has 9 nitrogen and oxygen atoms in total. The van der Waals surface area contributed by atoms with Gasteiger partial charge in [-0.3, -0.25) is 9.59 Å². The summed E-state index contributed by atoms with van der Waals surface area (Å²) in [4.78, 5) is 24.3. The van der Waals surface area contributed by atoms with Crippen molar-refractivity contribution in [1.82, 2.24) is 10.7 Å². The van der Waals surface area contributed by atoms with Gasteiger partial charge in [0.15, 0.2) is 23.0 Å². The maximum absolute atomic E-state index is 12.2. The van der Waals surface area contributed by atoms with Crippen molar-refractivity contribution in [2.45, 2.75) is 26.9 Å². The predicted octanol–water partition coefficient (Wildman–Crippen LogP) is 3.09. The molecule has 0 unspecified atom stereocenters. The molecule has 2 N–H and O–H groups in total. The summed E-state index contributed by atoms with van der Waals surface area (Å²) in [7, 11) is 0. The van der Waals surface area contributed by atoms with E-state index in [-0.39, 0.29) is 19.4 Å². The Kier molecular flexibility index (Phi) is 8.14. The number of nitrogens with zero attached hydrogens (tertiary/aromatic N) is 1. The van der Waals surface area contributed by atoms with E-state index in [1.165, 1.54) is 6.21 Å². The normalized spacial score (nSPS) is 12.2. The molecule has 1 aliphatic heterocycles. The first-order chi connectivity index (χ1) is 15.4. The molecule has 0 aliphatic carbocycles. The van der Waals surface area contributed by atoms with Gasteiger partial charge in [-0.05, 0) is 79.3 Å². The van der Waals surface area contributed by atoms with Gasteiger partial charge in [-0.2, -0.15) is 5.10 Å². The summed E-state index contributed by atoms with van der Waals surface area (Å²) >= 11 is 2.17. The maximum atomic E-state index is 12.2. The van der Waals surface area contributed by atoms with Crippen molar-refractivity contribution in [1.29, 1.82) is 0 Å². The summed E-state index contributed by atoms with van der Waals surface area (Å²) in [6.45, 7) is 6.17. The third-order valence-corrected chi connectivity index (χ3v) is 4.93. The Balaban J connectivity index is 1.55. The first-order valence-electron chi connectivity index (χ1n) is 10.00. The van der Waals surface area contributed by atoms with E-state index in [4.69, 9.17) is 18.9 Å². The average Bonchev–Trinajstić information content (AvgIpc) is 3.22. The topological polar surface area (TPSA) is 107 Å². The smallest absolute Gasteiger partial charge is 0.259 e. The second kappa shape index (κ2) is 11.0. The zero-order valence-electron chi connectivity index (χ0n) is 17.9. The molecule has 0 aromatic heterocycles. The summed E-state index contributed by atoms with van der Waals surface area (Å²) < 4.78 is 22.8. The highest BCUT2D eigenvalue weighted by Crippen LogP contribution is 2.35. The van der Waals surface area contributed by atoms with Crippen molar-refractivity contribution in [2.75, 3.05) is 19.9 Å². The second-order valence-electron chi connectivity index (χ2n) is 6.97. The summed E-state index contributed by atoms with van der Waals surface area (Å²) in [5.41, 5.74) is 3.50. The van der Waals surface area contributed by atoms with Crippen molar-refractivity contribution in [3.63, 3.8) is 0 Å². The molecule has 0 spiro atoms. The molecular formula is C22H24IN3O6. The quantitative estimate of drug-likeness (QED) is 0.281. The minimum Gasteiger partial charge on any atom is -0.490 e. The number of nitrogens with one attached hydrogen (secondary N) is 2. The van der Waals surface area contributed by atoms with E-state index < -0.39 is 11.8 Å². The number of halogens is 1. The second-order valence-corrected chi connectivity index (χ2v) is 8.14. The van der Waals surface area contributed by atoms with Crippen LogP contribution in [0, 0.1) is 3.57 Å². The van der Waals surface area contributed by atoms with Crippen molar-refractivity contribution in [3.8, 4) is 23.0 Å². The number of benzene rings is 2. The predicted molar refractivity (Wildman–Crippen MR) is 127 cm³/mol. The van der Waals surface area contributed by atoms with E-state index in [1.807, 2.05) is 26.8 Å². The fourth-order valence-corrected chi connectivity index (χ4v) is 3.55. The number of hydrogen-bond acceptors (Lipinski definition) is 7. The van der Waals surface area contributed by atoms with Crippen molar-refractivity contribution in [2.24, 2.45) is 5.10 Å². The number of carbonyl (C=O) groups excluding carboxylic acids is 2. The Bertz CT molecular complexity index is 1020. The molecule has 2 aromatic carbocycles. The zero-order valence-corrected chi connectivity index (χ0v) is 20.1. The van der Waals surface area contributed by atoms with E-state index in [1.54, 1.807) is 24.3 Å². The van der Waals surface area contributed by atoms with Gasteiger partial charge in [0.05, 0.1) is 29.0 Å². The van der Waals surface area contributed by atoms with Crippen LogP contribution in [-0.4, -0.2) is 44.1 Å². The van der Waals surface area contributed by atoms with E-state index in [0.29, 0.717) is 35.2 Å². The maximum Gasteiger partial charge on any atom is 0.259 e. The van der Waals surface area contributed by atoms with Crippen LogP contribution in [0.4, 0.5) is 0 Å². The van der Waals surface area contributed by atoms with Crippen LogP contribution < -0.4 is 29.7 Å². The molecule has 170 valence electrons. The molecule has 2 aromatic rings. The molecule has 2 amide bonds. The summed E-state index contributed by atoms with van der Waals surface area (Å²) in [5, 5.41) is 6.50. The Labute approximate surface area is 199 Å². The van der Waals surface area contributed by atoms with Gasteiger partial charge in [-0.15, -0.1) is 0 Å². The molecule has 0 bridgehead atoms. The Morgan fingerprint density at radius 2 is 2.00 bits per heavy atom. The first-order valence-corrected chi connectivity index (χ1v) is 11.1. The van der Waals surface area contributed by atoms with Crippen molar-refractivity contribution in [3.05, 3.63) is 45.0 Å². The Hall–Kier alpha value is -3.02. The third-order valence-electron chi connectivity index (χ3n) is 4.13. The number of fused-ring (bicyclic) bond motifs is 1. The highest BCUT2D eigenvalue weighted by Gasteiger charge is 2.17. The monoisotopic (exact) mass is 553 g/mol. The molecule has 0 atom stereocenters. The molecule has 1 heterocycles. The van der Waals surface area contributed by atoms with Gasteiger partial charge in [-0.1, -0.05) is 0 Å². The highest BCUT2D eigenvalue weighted by molar-refractivity contribution is 14.1. The number of hydrazone groups is 1. The lowest BCUT2D eigenvalue weighted by Gasteiger charge is -2.16. The molecule has 0 radical (unpaired) electrons. The van der Waals surface area contributed by atoms with Crippen LogP contribution in [0.3, 0.4) is 0 Å². The van der Waals surface area contributed by atoms with E-state index in [9.17, 15) is 9.59 Å². The SMILES string of the molecule is CCOc1cc(/C=N/NC(=O)CNC(=O)c2ccc3c(c2)OCO3)cc(I)c1OC(C)C. The van der Waals surface area contributed by atoms with Gasteiger partial charge < -0.3 is 24.3 Å². The Morgan fingerprint density at radius 1 is 1.22 bits per heavy atom. The van der Waals surface area contributed by atoms with Crippen molar-refractivity contribution < 1.29 is 28.5 Å².